The molecular weight excluding hydrogens is 217 g/mol. The first-order chi connectivity index (χ1) is 8.30. The van der Waals surface area contributed by atoms with Gasteiger partial charge in [-0.15, -0.1) is 0 Å². The largest absolute Gasteiger partial charge is 0.383 e. The maximum absolute atomic E-state index is 12.4. The van der Waals surface area contributed by atoms with E-state index in [0.29, 0.717) is 0 Å². The molecule has 3 heteroatoms. The molecule has 1 atom stereocenters. The normalized spacial score (nSPS) is 29.2. The standard InChI is InChI=1S/C10H16FNO.2C2H6/c1-13-8-10-3-2-4-12(10)7-9(5-10)6-11;2*1-2/h6H,2-5,7-8H2,1H3;2*1-2H3/b9-6+;;. The predicted octanol–water partition coefficient (Wildman–Crippen LogP) is 3.78. The zero-order valence-electron chi connectivity index (χ0n) is 12.1. The number of nitrogens with zero attached hydrogens (tertiary/aromatic N) is 1. The van der Waals surface area contributed by atoms with Crippen molar-refractivity contribution < 1.29 is 9.13 Å². The smallest absolute Gasteiger partial charge is 0.0872 e. The molecule has 0 N–H and O–H groups in total. The number of hydrogen-bond donors (Lipinski definition) is 0. The van der Waals surface area contributed by atoms with Crippen molar-refractivity contribution in [1.29, 1.82) is 0 Å². The first-order valence-electron chi connectivity index (χ1n) is 6.83. The summed E-state index contributed by atoms with van der Waals surface area (Å²) in [4.78, 5) is 2.36. The molecule has 0 saturated carbocycles. The maximum atomic E-state index is 12.4. The van der Waals surface area contributed by atoms with Crippen LogP contribution in [0.15, 0.2) is 11.9 Å². The van der Waals surface area contributed by atoms with E-state index in [1.54, 1.807) is 7.11 Å². The summed E-state index contributed by atoms with van der Waals surface area (Å²) in [5.74, 6) is 0. The van der Waals surface area contributed by atoms with Gasteiger partial charge in [-0.1, -0.05) is 27.7 Å². The molecule has 0 radical (unpaired) electrons. The Morgan fingerprint density at radius 3 is 2.53 bits per heavy atom. The van der Waals surface area contributed by atoms with Gasteiger partial charge in [0.05, 0.1) is 12.9 Å². The van der Waals surface area contributed by atoms with Crippen molar-refractivity contribution >= 4 is 0 Å². The highest BCUT2D eigenvalue weighted by atomic mass is 19.1. The van der Waals surface area contributed by atoms with Crippen LogP contribution in [0, 0.1) is 0 Å². The summed E-state index contributed by atoms with van der Waals surface area (Å²) >= 11 is 0. The fourth-order valence-corrected chi connectivity index (χ4v) is 2.72. The molecule has 2 aliphatic rings. The fraction of sp³-hybridized carbons (Fsp3) is 0.857. The Morgan fingerprint density at radius 1 is 1.35 bits per heavy atom. The van der Waals surface area contributed by atoms with E-state index < -0.39 is 0 Å². The summed E-state index contributed by atoms with van der Waals surface area (Å²) in [5, 5.41) is 0. The summed E-state index contributed by atoms with van der Waals surface area (Å²) in [6, 6.07) is 0. The van der Waals surface area contributed by atoms with Crippen LogP contribution in [0.3, 0.4) is 0 Å². The quantitative estimate of drug-likeness (QED) is 0.734. The molecular formula is C14H28FNO. The highest BCUT2D eigenvalue weighted by molar-refractivity contribution is 5.18. The maximum Gasteiger partial charge on any atom is 0.0872 e. The molecule has 2 nitrogen and oxygen atoms in total. The van der Waals surface area contributed by atoms with Gasteiger partial charge in [0.25, 0.3) is 0 Å². The Hall–Kier alpha value is -0.410. The van der Waals surface area contributed by atoms with E-state index in [1.807, 2.05) is 27.7 Å². The number of rotatable bonds is 2. The lowest BCUT2D eigenvalue weighted by atomic mass is 9.94. The van der Waals surface area contributed by atoms with Crippen molar-refractivity contribution in [3.8, 4) is 0 Å². The highest BCUT2D eigenvalue weighted by Gasteiger charge is 2.46. The Bertz CT molecular complexity index is 230. The molecule has 2 heterocycles. The molecule has 0 aromatic heterocycles. The van der Waals surface area contributed by atoms with Crippen LogP contribution in [0.25, 0.3) is 0 Å². The van der Waals surface area contributed by atoms with Crippen molar-refractivity contribution in [3.63, 3.8) is 0 Å². The lowest BCUT2D eigenvalue weighted by Crippen LogP contribution is -2.42. The number of methoxy groups -OCH3 is 1. The lowest BCUT2D eigenvalue weighted by Gasteiger charge is -2.30. The van der Waals surface area contributed by atoms with Gasteiger partial charge in [0, 0.05) is 19.2 Å². The summed E-state index contributed by atoms with van der Waals surface area (Å²) in [7, 11) is 1.72. The van der Waals surface area contributed by atoms with E-state index in [0.717, 1.165) is 44.4 Å². The van der Waals surface area contributed by atoms with E-state index in [1.165, 1.54) is 6.42 Å². The predicted molar refractivity (Wildman–Crippen MR) is 71.9 cm³/mol. The van der Waals surface area contributed by atoms with Gasteiger partial charge in [-0.2, -0.15) is 0 Å². The molecule has 2 saturated heterocycles. The van der Waals surface area contributed by atoms with Crippen LogP contribution >= 0.6 is 0 Å². The Kier molecular flexibility index (Phi) is 8.44. The third-order valence-corrected chi connectivity index (χ3v) is 3.26. The van der Waals surface area contributed by atoms with Crippen molar-refractivity contribution in [2.45, 2.75) is 52.5 Å². The molecule has 0 amide bonds. The third kappa shape index (κ3) is 3.78. The van der Waals surface area contributed by atoms with Gasteiger partial charge in [0.2, 0.25) is 0 Å². The molecule has 0 aromatic carbocycles. The number of fused-ring (bicyclic) bond motifs is 1. The van der Waals surface area contributed by atoms with Crippen molar-refractivity contribution in [1.82, 2.24) is 4.90 Å². The summed E-state index contributed by atoms with van der Waals surface area (Å²) in [6.45, 7) is 10.6. The van der Waals surface area contributed by atoms with Crippen LogP contribution in [-0.4, -0.2) is 37.2 Å². The molecule has 102 valence electrons. The molecule has 0 spiro atoms. The Morgan fingerprint density at radius 2 is 2.00 bits per heavy atom. The molecule has 17 heavy (non-hydrogen) atoms. The van der Waals surface area contributed by atoms with Crippen LogP contribution in [0.2, 0.25) is 0 Å². The van der Waals surface area contributed by atoms with Crippen LogP contribution in [0.4, 0.5) is 4.39 Å². The SMILES string of the molecule is CC.CC.COCC12CCCN1C/C(=C/F)C2. The minimum absolute atomic E-state index is 0.132. The first-order valence-corrected chi connectivity index (χ1v) is 6.83. The molecule has 0 aromatic rings. The highest BCUT2D eigenvalue weighted by Crippen LogP contribution is 2.41. The summed E-state index contributed by atoms with van der Waals surface area (Å²) in [6.07, 6.45) is 4.01. The second kappa shape index (κ2) is 8.65. The summed E-state index contributed by atoms with van der Waals surface area (Å²) < 4.78 is 17.6. The average molecular weight is 245 g/mol. The van der Waals surface area contributed by atoms with Gasteiger partial charge in [-0.25, -0.2) is 4.39 Å². The van der Waals surface area contributed by atoms with Crippen molar-refractivity contribution in [2.75, 3.05) is 26.8 Å². The van der Waals surface area contributed by atoms with Crippen LogP contribution < -0.4 is 0 Å². The molecule has 2 rings (SSSR count). The number of hydrogen-bond acceptors (Lipinski definition) is 2. The first kappa shape index (κ1) is 16.6. The summed E-state index contributed by atoms with van der Waals surface area (Å²) in [5.41, 5.74) is 1.06. The van der Waals surface area contributed by atoms with E-state index >= 15 is 0 Å². The van der Waals surface area contributed by atoms with Gasteiger partial charge >= 0.3 is 0 Å². The fourth-order valence-electron chi connectivity index (χ4n) is 2.72. The molecule has 2 fully saturated rings. The molecule has 0 bridgehead atoms. The zero-order chi connectivity index (χ0) is 13.3. The van der Waals surface area contributed by atoms with Gasteiger partial charge in [-0.3, -0.25) is 4.90 Å². The van der Waals surface area contributed by atoms with Crippen molar-refractivity contribution in [3.05, 3.63) is 11.9 Å². The molecule has 0 aliphatic carbocycles. The van der Waals surface area contributed by atoms with E-state index in [9.17, 15) is 4.39 Å². The van der Waals surface area contributed by atoms with E-state index in [4.69, 9.17) is 4.74 Å². The van der Waals surface area contributed by atoms with Crippen LogP contribution in [0.5, 0.6) is 0 Å². The van der Waals surface area contributed by atoms with Gasteiger partial charge in [0.1, 0.15) is 0 Å². The monoisotopic (exact) mass is 245 g/mol. The topological polar surface area (TPSA) is 12.5 Å². The second-order valence-corrected chi connectivity index (χ2v) is 4.13. The minimum Gasteiger partial charge on any atom is -0.383 e. The minimum atomic E-state index is 0.132. The van der Waals surface area contributed by atoms with E-state index in [-0.39, 0.29) is 5.54 Å². The molecule has 2 aliphatic heterocycles. The zero-order valence-corrected chi connectivity index (χ0v) is 12.1. The van der Waals surface area contributed by atoms with Gasteiger partial charge in [0.15, 0.2) is 0 Å². The average Bonchev–Trinajstić information content (AvgIpc) is 2.90. The molecule has 1 unspecified atom stereocenters. The van der Waals surface area contributed by atoms with Crippen LogP contribution in [-0.2, 0) is 4.74 Å². The lowest BCUT2D eigenvalue weighted by molar-refractivity contribution is 0.0656. The number of halogens is 1. The van der Waals surface area contributed by atoms with Gasteiger partial charge < -0.3 is 4.74 Å². The van der Waals surface area contributed by atoms with Crippen molar-refractivity contribution in [2.24, 2.45) is 0 Å². The van der Waals surface area contributed by atoms with Gasteiger partial charge in [-0.05, 0) is 31.4 Å². The Labute approximate surface area is 106 Å². The second-order valence-electron chi connectivity index (χ2n) is 4.13. The van der Waals surface area contributed by atoms with E-state index in [2.05, 4.69) is 4.90 Å². The van der Waals surface area contributed by atoms with Crippen LogP contribution in [0.1, 0.15) is 47.0 Å². The Balaban J connectivity index is 0.000000581. The number of ether oxygens (including phenoxy) is 1. The third-order valence-electron chi connectivity index (χ3n) is 3.26.